The Kier molecular flexibility index (Phi) is 8.46. The molecule has 1 aromatic carbocycles. The Morgan fingerprint density at radius 2 is 1.67 bits per heavy atom. The van der Waals surface area contributed by atoms with E-state index in [1.807, 2.05) is 40.8 Å². The molecular formula is C16H25NO. The SMILES string of the molecule is CC.CC.CNc1ccc(C)cc1-c1ccoc1. The van der Waals surface area contributed by atoms with Crippen molar-refractivity contribution in [3.8, 4) is 11.1 Å². The van der Waals surface area contributed by atoms with Crippen molar-refractivity contribution in [2.24, 2.45) is 0 Å². The summed E-state index contributed by atoms with van der Waals surface area (Å²) >= 11 is 0. The van der Waals surface area contributed by atoms with E-state index in [9.17, 15) is 0 Å². The standard InChI is InChI=1S/C12H13NO.2C2H6/c1-9-3-4-12(13-2)11(7-9)10-5-6-14-8-10;2*1-2/h3-8,13H,1-2H3;2*1-2H3. The molecule has 0 aliphatic rings. The van der Waals surface area contributed by atoms with Gasteiger partial charge in [-0.1, -0.05) is 39.3 Å². The molecule has 0 bridgehead atoms. The Morgan fingerprint density at radius 1 is 1.00 bits per heavy atom. The van der Waals surface area contributed by atoms with Gasteiger partial charge in [-0.25, -0.2) is 0 Å². The number of nitrogens with one attached hydrogen (secondary N) is 1. The Labute approximate surface area is 111 Å². The van der Waals surface area contributed by atoms with E-state index in [4.69, 9.17) is 4.42 Å². The van der Waals surface area contributed by atoms with Crippen molar-refractivity contribution in [1.29, 1.82) is 0 Å². The number of hydrogen-bond donors (Lipinski definition) is 1. The predicted molar refractivity (Wildman–Crippen MR) is 81.1 cm³/mol. The van der Waals surface area contributed by atoms with Gasteiger partial charge < -0.3 is 9.73 Å². The zero-order valence-corrected chi connectivity index (χ0v) is 12.4. The van der Waals surface area contributed by atoms with Crippen molar-refractivity contribution in [2.75, 3.05) is 12.4 Å². The lowest BCUT2D eigenvalue weighted by atomic mass is 10.0. The average molecular weight is 247 g/mol. The smallest absolute Gasteiger partial charge is 0.0981 e. The third kappa shape index (κ3) is 4.28. The maximum atomic E-state index is 5.08. The number of benzene rings is 1. The van der Waals surface area contributed by atoms with Crippen molar-refractivity contribution in [3.05, 3.63) is 42.4 Å². The van der Waals surface area contributed by atoms with Gasteiger partial charge in [-0.2, -0.15) is 0 Å². The van der Waals surface area contributed by atoms with Crippen LogP contribution in [0.5, 0.6) is 0 Å². The quantitative estimate of drug-likeness (QED) is 0.774. The summed E-state index contributed by atoms with van der Waals surface area (Å²) in [6, 6.07) is 8.29. The van der Waals surface area contributed by atoms with Crippen LogP contribution in [-0.2, 0) is 0 Å². The summed E-state index contributed by atoms with van der Waals surface area (Å²) in [5, 5.41) is 3.17. The molecule has 100 valence electrons. The lowest BCUT2D eigenvalue weighted by Crippen LogP contribution is -1.91. The first-order valence-corrected chi connectivity index (χ1v) is 6.62. The third-order valence-corrected chi connectivity index (χ3v) is 2.28. The normalized spacial score (nSPS) is 8.56. The molecule has 18 heavy (non-hydrogen) atoms. The van der Waals surface area contributed by atoms with Gasteiger partial charge in [-0.3, -0.25) is 0 Å². The monoisotopic (exact) mass is 247 g/mol. The topological polar surface area (TPSA) is 25.2 Å². The molecule has 1 N–H and O–H groups in total. The minimum atomic E-state index is 1.11. The summed E-state index contributed by atoms with van der Waals surface area (Å²) in [6.07, 6.45) is 3.45. The molecule has 0 aliphatic carbocycles. The van der Waals surface area contributed by atoms with Crippen LogP contribution in [0.4, 0.5) is 5.69 Å². The van der Waals surface area contributed by atoms with Crippen molar-refractivity contribution in [1.82, 2.24) is 0 Å². The first-order chi connectivity index (χ1) is 8.81. The summed E-state index contributed by atoms with van der Waals surface area (Å²) in [7, 11) is 1.92. The molecule has 2 rings (SSSR count). The molecule has 0 saturated heterocycles. The van der Waals surface area contributed by atoms with Crippen LogP contribution in [0.15, 0.2) is 41.2 Å². The molecular weight excluding hydrogens is 222 g/mol. The van der Waals surface area contributed by atoms with Gasteiger partial charge in [0.1, 0.15) is 0 Å². The highest BCUT2D eigenvalue weighted by Crippen LogP contribution is 2.28. The van der Waals surface area contributed by atoms with Crippen LogP contribution in [0, 0.1) is 6.92 Å². The van der Waals surface area contributed by atoms with E-state index in [2.05, 4.69) is 30.4 Å². The minimum absolute atomic E-state index is 1.11. The van der Waals surface area contributed by atoms with Crippen molar-refractivity contribution in [3.63, 3.8) is 0 Å². The van der Waals surface area contributed by atoms with Gasteiger partial charge in [-0.15, -0.1) is 0 Å². The van der Waals surface area contributed by atoms with Gasteiger partial charge in [0.2, 0.25) is 0 Å². The second-order valence-electron chi connectivity index (χ2n) is 3.31. The maximum Gasteiger partial charge on any atom is 0.0981 e. The molecule has 1 aromatic heterocycles. The van der Waals surface area contributed by atoms with E-state index in [1.165, 1.54) is 11.1 Å². The second-order valence-corrected chi connectivity index (χ2v) is 3.31. The fourth-order valence-electron chi connectivity index (χ4n) is 1.53. The van der Waals surface area contributed by atoms with E-state index in [0.29, 0.717) is 0 Å². The van der Waals surface area contributed by atoms with Gasteiger partial charge in [0.05, 0.1) is 12.5 Å². The Balaban J connectivity index is 0.000000659. The summed E-state index contributed by atoms with van der Waals surface area (Å²) in [5.41, 5.74) is 4.66. The minimum Gasteiger partial charge on any atom is -0.472 e. The summed E-state index contributed by atoms with van der Waals surface area (Å²) < 4.78 is 5.08. The van der Waals surface area contributed by atoms with Crippen molar-refractivity contribution >= 4 is 5.69 Å². The number of furan rings is 1. The summed E-state index contributed by atoms with van der Waals surface area (Å²) in [4.78, 5) is 0. The number of anilines is 1. The molecule has 0 fully saturated rings. The lowest BCUT2D eigenvalue weighted by Gasteiger charge is -2.07. The molecule has 0 saturated carbocycles. The molecule has 0 radical (unpaired) electrons. The van der Waals surface area contributed by atoms with E-state index in [-0.39, 0.29) is 0 Å². The molecule has 2 heteroatoms. The first-order valence-electron chi connectivity index (χ1n) is 6.62. The van der Waals surface area contributed by atoms with Crippen LogP contribution in [0.25, 0.3) is 11.1 Å². The second kappa shape index (κ2) is 9.34. The van der Waals surface area contributed by atoms with E-state index in [0.717, 1.165) is 11.3 Å². The average Bonchev–Trinajstić information content (AvgIpc) is 2.97. The molecule has 0 amide bonds. The van der Waals surface area contributed by atoms with Gasteiger partial charge in [0, 0.05) is 23.9 Å². The molecule has 0 spiro atoms. The van der Waals surface area contributed by atoms with E-state index in [1.54, 1.807) is 12.5 Å². The van der Waals surface area contributed by atoms with E-state index < -0.39 is 0 Å². The predicted octanol–water partition coefficient (Wildman–Crippen LogP) is 5.35. The molecule has 0 atom stereocenters. The van der Waals surface area contributed by atoms with E-state index >= 15 is 0 Å². The lowest BCUT2D eigenvalue weighted by molar-refractivity contribution is 0.568. The largest absolute Gasteiger partial charge is 0.472 e. The third-order valence-electron chi connectivity index (χ3n) is 2.28. The Hall–Kier alpha value is -1.70. The first kappa shape index (κ1) is 16.3. The maximum absolute atomic E-state index is 5.08. The van der Waals surface area contributed by atoms with Crippen LogP contribution < -0.4 is 5.32 Å². The number of rotatable bonds is 2. The van der Waals surface area contributed by atoms with Crippen LogP contribution in [0.2, 0.25) is 0 Å². The zero-order chi connectivity index (χ0) is 14.0. The van der Waals surface area contributed by atoms with Gasteiger partial charge in [-0.05, 0) is 25.1 Å². The summed E-state index contributed by atoms with van der Waals surface area (Å²) in [6.45, 7) is 10.1. The van der Waals surface area contributed by atoms with Crippen molar-refractivity contribution in [2.45, 2.75) is 34.6 Å². The summed E-state index contributed by atoms with van der Waals surface area (Å²) in [5.74, 6) is 0. The highest BCUT2D eigenvalue weighted by molar-refractivity contribution is 5.77. The molecule has 0 aliphatic heterocycles. The van der Waals surface area contributed by atoms with Crippen LogP contribution >= 0.6 is 0 Å². The highest BCUT2D eigenvalue weighted by Gasteiger charge is 2.04. The number of hydrogen-bond acceptors (Lipinski definition) is 2. The molecule has 2 nitrogen and oxygen atoms in total. The van der Waals surface area contributed by atoms with Gasteiger partial charge in [0.25, 0.3) is 0 Å². The van der Waals surface area contributed by atoms with Gasteiger partial charge >= 0.3 is 0 Å². The molecule has 1 heterocycles. The fourth-order valence-corrected chi connectivity index (χ4v) is 1.53. The molecule has 2 aromatic rings. The number of aryl methyl sites for hydroxylation is 1. The Morgan fingerprint density at radius 3 is 2.17 bits per heavy atom. The van der Waals surface area contributed by atoms with Crippen molar-refractivity contribution < 1.29 is 4.42 Å². The molecule has 0 unspecified atom stereocenters. The van der Waals surface area contributed by atoms with Gasteiger partial charge in [0.15, 0.2) is 0 Å². The van der Waals surface area contributed by atoms with Crippen LogP contribution in [-0.4, -0.2) is 7.05 Å². The van der Waals surface area contributed by atoms with Crippen LogP contribution in [0.3, 0.4) is 0 Å². The highest BCUT2D eigenvalue weighted by atomic mass is 16.3. The zero-order valence-electron chi connectivity index (χ0n) is 12.4. The van der Waals surface area contributed by atoms with Crippen LogP contribution in [0.1, 0.15) is 33.3 Å². The Bertz CT molecular complexity index is 419. The fraction of sp³-hybridized carbons (Fsp3) is 0.375.